The van der Waals surface area contributed by atoms with Crippen LogP contribution in [0.2, 0.25) is 0 Å². The number of morpholine rings is 1. The predicted octanol–water partition coefficient (Wildman–Crippen LogP) is 1.73. The number of anilines is 1. The van der Waals surface area contributed by atoms with Crippen LogP contribution in [-0.2, 0) is 14.0 Å². The van der Waals surface area contributed by atoms with Gasteiger partial charge in [-0.25, -0.2) is 0 Å². The molecule has 0 unspecified atom stereocenters. The van der Waals surface area contributed by atoms with Gasteiger partial charge in [-0.3, -0.25) is 4.90 Å². The Labute approximate surface area is 145 Å². The number of nitrogens with one attached hydrogen (secondary N) is 1. The monoisotopic (exact) mass is 332 g/mol. The topological polar surface area (TPSA) is 43.0 Å². The minimum absolute atomic E-state index is 0.294. The smallest absolute Gasteiger partial charge is 0.399 e. The van der Waals surface area contributed by atoms with Gasteiger partial charge in [0.1, 0.15) is 0 Å². The molecule has 3 rings (SSSR count). The molecule has 2 aliphatic rings. The summed E-state index contributed by atoms with van der Waals surface area (Å²) < 4.78 is 17.5. The van der Waals surface area contributed by atoms with Crippen molar-refractivity contribution in [1.82, 2.24) is 4.90 Å². The number of ether oxygens (including phenoxy) is 1. The third-order valence-corrected chi connectivity index (χ3v) is 5.30. The largest absolute Gasteiger partial charge is 0.494 e. The van der Waals surface area contributed by atoms with Gasteiger partial charge in [0.15, 0.2) is 0 Å². The fourth-order valence-corrected chi connectivity index (χ4v) is 2.92. The van der Waals surface area contributed by atoms with Gasteiger partial charge in [0.25, 0.3) is 0 Å². The van der Waals surface area contributed by atoms with E-state index in [0.29, 0.717) is 0 Å². The standard InChI is InChI=1S/C18H29BN2O3/c1-17(2)18(3,4)24-19(23-17)15-5-7-16(8-6-15)20-9-10-21-11-13-22-14-12-21/h5-8,20H,9-14H2,1-4H3. The summed E-state index contributed by atoms with van der Waals surface area (Å²) in [5, 5.41) is 3.48. The molecule has 2 aliphatic heterocycles. The molecule has 0 amide bonds. The maximum atomic E-state index is 6.09. The van der Waals surface area contributed by atoms with Crippen LogP contribution in [0.4, 0.5) is 5.69 Å². The van der Waals surface area contributed by atoms with Gasteiger partial charge in [0.05, 0.1) is 24.4 Å². The second kappa shape index (κ2) is 7.04. The van der Waals surface area contributed by atoms with Crippen LogP contribution < -0.4 is 10.8 Å². The van der Waals surface area contributed by atoms with Crippen molar-refractivity contribution < 1.29 is 14.0 Å². The summed E-state index contributed by atoms with van der Waals surface area (Å²) in [6.07, 6.45) is 0. The lowest BCUT2D eigenvalue weighted by Crippen LogP contribution is -2.41. The zero-order chi connectivity index (χ0) is 17.2. The molecule has 1 aromatic carbocycles. The van der Waals surface area contributed by atoms with E-state index in [-0.39, 0.29) is 18.3 Å². The Morgan fingerprint density at radius 3 is 2.17 bits per heavy atom. The average molecular weight is 332 g/mol. The lowest BCUT2D eigenvalue weighted by atomic mass is 9.79. The van der Waals surface area contributed by atoms with Crippen molar-refractivity contribution in [2.45, 2.75) is 38.9 Å². The molecule has 0 spiro atoms. The quantitative estimate of drug-likeness (QED) is 0.832. The molecule has 0 aliphatic carbocycles. The fraction of sp³-hybridized carbons (Fsp3) is 0.667. The first-order chi connectivity index (χ1) is 11.4. The molecule has 1 N–H and O–H groups in total. The van der Waals surface area contributed by atoms with Gasteiger partial charge in [-0.05, 0) is 45.3 Å². The van der Waals surface area contributed by atoms with Crippen LogP contribution in [0.5, 0.6) is 0 Å². The van der Waals surface area contributed by atoms with Gasteiger partial charge in [0, 0.05) is 31.9 Å². The van der Waals surface area contributed by atoms with E-state index >= 15 is 0 Å². The van der Waals surface area contributed by atoms with Crippen LogP contribution in [0.25, 0.3) is 0 Å². The summed E-state index contributed by atoms with van der Waals surface area (Å²) in [6.45, 7) is 14.1. The Kier molecular flexibility index (Phi) is 5.20. The van der Waals surface area contributed by atoms with Crippen LogP contribution in [0.15, 0.2) is 24.3 Å². The first-order valence-corrected chi connectivity index (χ1v) is 8.87. The highest BCUT2D eigenvalue weighted by atomic mass is 16.7. The summed E-state index contributed by atoms with van der Waals surface area (Å²) in [5.74, 6) is 0. The van der Waals surface area contributed by atoms with Crippen molar-refractivity contribution in [2.75, 3.05) is 44.7 Å². The van der Waals surface area contributed by atoms with Crippen molar-refractivity contribution in [3.8, 4) is 0 Å². The summed E-state index contributed by atoms with van der Waals surface area (Å²) in [6, 6.07) is 8.36. The van der Waals surface area contributed by atoms with Crippen molar-refractivity contribution in [3.05, 3.63) is 24.3 Å². The van der Waals surface area contributed by atoms with E-state index in [2.05, 4.69) is 62.2 Å². The highest BCUT2D eigenvalue weighted by Crippen LogP contribution is 2.36. The Hall–Kier alpha value is -1.08. The zero-order valence-electron chi connectivity index (χ0n) is 15.3. The normalized spacial score (nSPS) is 23.4. The van der Waals surface area contributed by atoms with Crippen molar-refractivity contribution in [2.24, 2.45) is 0 Å². The molecule has 0 atom stereocenters. The van der Waals surface area contributed by atoms with E-state index in [0.717, 1.165) is 50.5 Å². The van der Waals surface area contributed by atoms with Crippen LogP contribution in [0.1, 0.15) is 27.7 Å². The van der Waals surface area contributed by atoms with Crippen LogP contribution in [-0.4, -0.2) is 62.6 Å². The second-order valence-electron chi connectivity index (χ2n) is 7.59. The number of hydrogen-bond acceptors (Lipinski definition) is 5. The third-order valence-electron chi connectivity index (χ3n) is 5.30. The predicted molar refractivity (Wildman–Crippen MR) is 97.9 cm³/mol. The van der Waals surface area contributed by atoms with Crippen molar-refractivity contribution in [3.63, 3.8) is 0 Å². The number of hydrogen-bond donors (Lipinski definition) is 1. The summed E-state index contributed by atoms with van der Waals surface area (Å²) in [7, 11) is -0.294. The molecule has 2 heterocycles. The zero-order valence-corrected chi connectivity index (χ0v) is 15.3. The SMILES string of the molecule is CC1(C)OB(c2ccc(NCCN3CCOCC3)cc2)OC1(C)C. The third kappa shape index (κ3) is 3.94. The van der Waals surface area contributed by atoms with Gasteiger partial charge < -0.3 is 19.4 Å². The van der Waals surface area contributed by atoms with E-state index in [1.165, 1.54) is 0 Å². The molecule has 0 saturated carbocycles. The lowest BCUT2D eigenvalue weighted by Gasteiger charge is -2.32. The molecule has 6 heteroatoms. The second-order valence-corrected chi connectivity index (χ2v) is 7.59. The molecule has 132 valence electrons. The highest BCUT2D eigenvalue weighted by molar-refractivity contribution is 6.62. The van der Waals surface area contributed by atoms with Gasteiger partial charge in [-0.1, -0.05) is 12.1 Å². The van der Waals surface area contributed by atoms with E-state index in [1.54, 1.807) is 0 Å². The van der Waals surface area contributed by atoms with Crippen LogP contribution in [0.3, 0.4) is 0 Å². The van der Waals surface area contributed by atoms with Gasteiger partial charge in [-0.2, -0.15) is 0 Å². The van der Waals surface area contributed by atoms with Crippen molar-refractivity contribution >= 4 is 18.3 Å². The van der Waals surface area contributed by atoms with E-state index in [9.17, 15) is 0 Å². The lowest BCUT2D eigenvalue weighted by molar-refractivity contribution is 0.00578. The first kappa shape index (κ1) is 17.7. The molecule has 2 fully saturated rings. The minimum atomic E-state index is -0.299. The molecular weight excluding hydrogens is 303 g/mol. The Morgan fingerprint density at radius 2 is 1.58 bits per heavy atom. The molecule has 5 nitrogen and oxygen atoms in total. The number of nitrogens with zero attached hydrogens (tertiary/aromatic N) is 1. The molecule has 1 aromatic rings. The molecule has 24 heavy (non-hydrogen) atoms. The molecule has 0 radical (unpaired) electrons. The number of rotatable bonds is 5. The summed E-state index contributed by atoms with van der Waals surface area (Å²) in [4.78, 5) is 2.43. The van der Waals surface area contributed by atoms with Gasteiger partial charge in [0.2, 0.25) is 0 Å². The maximum absolute atomic E-state index is 6.09. The average Bonchev–Trinajstić information content (AvgIpc) is 2.77. The van der Waals surface area contributed by atoms with E-state index in [1.807, 2.05) is 0 Å². The summed E-state index contributed by atoms with van der Waals surface area (Å²) in [5.41, 5.74) is 1.59. The van der Waals surface area contributed by atoms with Gasteiger partial charge in [-0.15, -0.1) is 0 Å². The van der Waals surface area contributed by atoms with E-state index in [4.69, 9.17) is 14.0 Å². The summed E-state index contributed by atoms with van der Waals surface area (Å²) >= 11 is 0. The minimum Gasteiger partial charge on any atom is -0.399 e. The van der Waals surface area contributed by atoms with E-state index < -0.39 is 0 Å². The van der Waals surface area contributed by atoms with Crippen LogP contribution >= 0.6 is 0 Å². The fourth-order valence-electron chi connectivity index (χ4n) is 2.92. The molecule has 2 saturated heterocycles. The molecular formula is C18H29BN2O3. The Bertz CT molecular complexity index is 526. The van der Waals surface area contributed by atoms with Crippen LogP contribution in [0, 0.1) is 0 Å². The maximum Gasteiger partial charge on any atom is 0.494 e. The Balaban J connectivity index is 1.50. The first-order valence-electron chi connectivity index (χ1n) is 8.87. The number of benzene rings is 1. The van der Waals surface area contributed by atoms with Crippen molar-refractivity contribution in [1.29, 1.82) is 0 Å². The molecule has 0 aromatic heterocycles. The highest BCUT2D eigenvalue weighted by Gasteiger charge is 2.51. The Morgan fingerprint density at radius 1 is 1.00 bits per heavy atom. The molecule has 0 bridgehead atoms. The van der Waals surface area contributed by atoms with Gasteiger partial charge >= 0.3 is 7.12 Å².